The lowest BCUT2D eigenvalue weighted by atomic mass is 10.2. The zero-order valence-electron chi connectivity index (χ0n) is 13.2. The van der Waals surface area contributed by atoms with Crippen molar-refractivity contribution in [2.75, 3.05) is 14.2 Å². The highest BCUT2D eigenvalue weighted by Crippen LogP contribution is 2.19. The first-order valence-electron chi connectivity index (χ1n) is 7.37. The molecule has 0 amide bonds. The summed E-state index contributed by atoms with van der Waals surface area (Å²) in [7, 11) is 3.46. The molecule has 0 aliphatic rings. The fraction of sp³-hybridized carbons (Fsp3) is 0.222. The zero-order valence-corrected chi connectivity index (χ0v) is 13.2. The van der Waals surface area contributed by atoms with Crippen LogP contribution in [-0.4, -0.2) is 29.0 Å². The third-order valence-electron chi connectivity index (χ3n) is 3.60. The van der Waals surface area contributed by atoms with Crippen molar-refractivity contribution in [1.82, 2.24) is 14.9 Å². The predicted octanol–water partition coefficient (Wildman–Crippen LogP) is 3.41. The van der Waals surface area contributed by atoms with Crippen LogP contribution in [0, 0.1) is 5.82 Å². The Labute approximate surface area is 134 Å². The van der Waals surface area contributed by atoms with Crippen LogP contribution in [0.2, 0.25) is 0 Å². The summed E-state index contributed by atoms with van der Waals surface area (Å²) < 4.78 is 18.5. The minimum Gasteiger partial charge on any atom is -0.494 e. The van der Waals surface area contributed by atoms with Crippen LogP contribution in [0.15, 0.2) is 48.7 Å². The van der Waals surface area contributed by atoms with E-state index in [2.05, 4.69) is 14.9 Å². The summed E-state index contributed by atoms with van der Waals surface area (Å²) in [5.74, 6) is -0.0827. The van der Waals surface area contributed by atoms with Crippen molar-refractivity contribution >= 4 is 11.0 Å². The minimum absolute atomic E-state index is 0.265. The Hall–Kier alpha value is -2.53. The van der Waals surface area contributed by atoms with Crippen LogP contribution in [0.1, 0.15) is 11.3 Å². The van der Waals surface area contributed by atoms with E-state index in [0.717, 1.165) is 22.3 Å². The average molecular weight is 311 g/mol. The molecule has 0 aliphatic carbocycles. The molecule has 4 nitrogen and oxygen atoms in total. The molecule has 1 heterocycles. The molecule has 0 fully saturated rings. The van der Waals surface area contributed by atoms with Gasteiger partial charge in [-0.1, -0.05) is 18.2 Å². The van der Waals surface area contributed by atoms with Crippen molar-refractivity contribution in [3.05, 3.63) is 65.7 Å². The third kappa shape index (κ3) is 3.63. The number of ether oxygens (including phenoxy) is 1. The Bertz CT molecular complexity index is 822. The number of fused-ring (bicyclic) bond motifs is 1. The number of benzene rings is 2. The van der Waals surface area contributed by atoms with Crippen molar-refractivity contribution in [3.8, 4) is 5.75 Å². The molecule has 0 aliphatic heterocycles. The molecule has 118 valence electrons. The van der Waals surface area contributed by atoms with E-state index in [-0.39, 0.29) is 11.6 Å². The quantitative estimate of drug-likeness (QED) is 0.724. The van der Waals surface area contributed by atoms with Gasteiger partial charge in [-0.15, -0.1) is 0 Å². The second-order valence-corrected chi connectivity index (χ2v) is 5.49. The second-order valence-electron chi connectivity index (χ2n) is 5.49. The minimum atomic E-state index is -0.348. The normalized spacial score (nSPS) is 11.1. The average Bonchev–Trinajstić information content (AvgIpc) is 2.56. The van der Waals surface area contributed by atoms with E-state index >= 15 is 0 Å². The number of rotatable bonds is 5. The van der Waals surface area contributed by atoms with Gasteiger partial charge in [0.15, 0.2) is 11.6 Å². The molecule has 0 radical (unpaired) electrons. The van der Waals surface area contributed by atoms with Crippen LogP contribution in [0.3, 0.4) is 0 Å². The van der Waals surface area contributed by atoms with E-state index in [9.17, 15) is 4.39 Å². The van der Waals surface area contributed by atoms with E-state index < -0.39 is 0 Å². The van der Waals surface area contributed by atoms with Gasteiger partial charge < -0.3 is 4.74 Å². The summed E-state index contributed by atoms with van der Waals surface area (Å²) >= 11 is 0. The standard InChI is InChI=1S/C18H18FN3O/c1-22(11-13-7-8-15(19)18(9-13)23-2)12-14-10-20-16-5-3-4-6-17(16)21-14/h3-10H,11-12H2,1-2H3. The zero-order chi connectivity index (χ0) is 16.2. The molecule has 1 aromatic heterocycles. The molecule has 5 heteroatoms. The lowest BCUT2D eigenvalue weighted by Gasteiger charge is -2.17. The molecule has 0 saturated carbocycles. The van der Waals surface area contributed by atoms with Crippen molar-refractivity contribution in [1.29, 1.82) is 0 Å². The van der Waals surface area contributed by atoms with Crippen LogP contribution in [-0.2, 0) is 13.1 Å². The number of hydrogen-bond acceptors (Lipinski definition) is 4. The van der Waals surface area contributed by atoms with Crippen LogP contribution in [0.25, 0.3) is 11.0 Å². The van der Waals surface area contributed by atoms with Gasteiger partial charge in [-0.2, -0.15) is 0 Å². The maximum atomic E-state index is 13.4. The Balaban J connectivity index is 1.71. The molecule has 2 aromatic carbocycles. The topological polar surface area (TPSA) is 38.2 Å². The van der Waals surface area contributed by atoms with Gasteiger partial charge in [0.1, 0.15) is 0 Å². The monoisotopic (exact) mass is 311 g/mol. The first-order valence-corrected chi connectivity index (χ1v) is 7.37. The van der Waals surface area contributed by atoms with Gasteiger partial charge in [-0.05, 0) is 36.9 Å². The Kier molecular flexibility index (Phi) is 4.48. The van der Waals surface area contributed by atoms with Crippen molar-refractivity contribution in [2.24, 2.45) is 0 Å². The van der Waals surface area contributed by atoms with E-state index in [1.54, 1.807) is 18.3 Å². The maximum Gasteiger partial charge on any atom is 0.165 e. The van der Waals surface area contributed by atoms with Gasteiger partial charge in [0.05, 0.1) is 30.0 Å². The highest BCUT2D eigenvalue weighted by molar-refractivity contribution is 5.73. The van der Waals surface area contributed by atoms with E-state index in [1.807, 2.05) is 31.3 Å². The number of aromatic nitrogens is 2. The van der Waals surface area contributed by atoms with Crippen LogP contribution in [0.4, 0.5) is 4.39 Å². The van der Waals surface area contributed by atoms with E-state index in [0.29, 0.717) is 13.1 Å². The largest absolute Gasteiger partial charge is 0.494 e. The second kappa shape index (κ2) is 6.71. The first kappa shape index (κ1) is 15.4. The lowest BCUT2D eigenvalue weighted by molar-refractivity contribution is 0.313. The summed E-state index contributed by atoms with van der Waals surface area (Å²) in [6, 6.07) is 12.7. The van der Waals surface area contributed by atoms with Crippen LogP contribution in [0.5, 0.6) is 5.75 Å². The molecule has 0 spiro atoms. The van der Waals surface area contributed by atoms with Crippen molar-refractivity contribution < 1.29 is 9.13 Å². The van der Waals surface area contributed by atoms with Crippen molar-refractivity contribution in [3.63, 3.8) is 0 Å². The first-order chi connectivity index (χ1) is 11.2. The predicted molar refractivity (Wildman–Crippen MR) is 87.7 cm³/mol. The molecule has 0 bridgehead atoms. The summed E-state index contributed by atoms with van der Waals surface area (Å²) in [4.78, 5) is 11.1. The summed E-state index contributed by atoms with van der Waals surface area (Å²) in [6.45, 7) is 1.34. The SMILES string of the molecule is COc1cc(CN(C)Cc2cnc3ccccc3n2)ccc1F. The fourth-order valence-corrected chi connectivity index (χ4v) is 2.52. The number of halogens is 1. The summed E-state index contributed by atoms with van der Waals surface area (Å²) in [5, 5.41) is 0. The highest BCUT2D eigenvalue weighted by atomic mass is 19.1. The Morgan fingerprint density at radius 1 is 1.09 bits per heavy atom. The van der Waals surface area contributed by atoms with Gasteiger partial charge in [0.2, 0.25) is 0 Å². The molecular weight excluding hydrogens is 293 g/mol. The summed E-state index contributed by atoms with van der Waals surface area (Å²) in [6.07, 6.45) is 1.80. The lowest BCUT2D eigenvalue weighted by Crippen LogP contribution is -2.18. The molecule has 0 N–H and O–H groups in total. The molecule has 23 heavy (non-hydrogen) atoms. The van der Waals surface area contributed by atoms with E-state index in [4.69, 9.17) is 4.74 Å². The van der Waals surface area contributed by atoms with Crippen molar-refractivity contribution in [2.45, 2.75) is 13.1 Å². The van der Waals surface area contributed by atoms with Gasteiger partial charge in [-0.3, -0.25) is 9.88 Å². The van der Waals surface area contributed by atoms with Gasteiger partial charge in [0, 0.05) is 13.1 Å². The van der Waals surface area contributed by atoms with E-state index in [1.165, 1.54) is 13.2 Å². The summed E-state index contributed by atoms with van der Waals surface area (Å²) in [5.41, 5.74) is 3.67. The fourth-order valence-electron chi connectivity index (χ4n) is 2.52. The third-order valence-corrected chi connectivity index (χ3v) is 3.60. The molecule has 0 unspecified atom stereocenters. The van der Waals surface area contributed by atoms with Gasteiger partial charge in [-0.25, -0.2) is 9.37 Å². The smallest absolute Gasteiger partial charge is 0.165 e. The number of nitrogens with zero attached hydrogens (tertiary/aromatic N) is 3. The van der Waals surface area contributed by atoms with Crippen LogP contribution < -0.4 is 4.74 Å². The number of para-hydroxylation sites is 2. The Morgan fingerprint density at radius 2 is 1.87 bits per heavy atom. The molecule has 3 aromatic rings. The van der Waals surface area contributed by atoms with Crippen LogP contribution >= 0.6 is 0 Å². The van der Waals surface area contributed by atoms with Gasteiger partial charge >= 0.3 is 0 Å². The Morgan fingerprint density at radius 3 is 2.65 bits per heavy atom. The molecule has 3 rings (SSSR count). The highest BCUT2D eigenvalue weighted by Gasteiger charge is 2.08. The molecular formula is C18H18FN3O. The molecule has 0 saturated heterocycles. The molecule has 0 atom stereocenters. The number of methoxy groups -OCH3 is 1. The maximum absolute atomic E-state index is 13.4. The number of hydrogen-bond donors (Lipinski definition) is 0. The van der Waals surface area contributed by atoms with Gasteiger partial charge in [0.25, 0.3) is 0 Å².